The molecule has 1 aromatic heterocycles. The fraction of sp³-hybridized carbons (Fsp3) is 0.0909. The van der Waals surface area contributed by atoms with Crippen LogP contribution in [0.2, 0.25) is 0 Å². The van der Waals surface area contributed by atoms with Gasteiger partial charge in [-0.2, -0.15) is 5.10 Å². The Morgan fingerprint density at radius 2 is 2.29 bits per heavy atom. The van der Waals surface area contributed by atoms with Gasteiger partial charge in [0.15, 0.2) is 0 Å². The molecule has 0 fully saturated rings. The Kier molecular flexibility index (Phi) is 2.95. The van der Waals surface area contributed by atoms with E-state index in [0.29, 0.717) is 22.8 Å². The summed E-state index contributed by atoms with van der Waals surface area (Å²) in [5, 5.41) is 8.94. The summed E-state index contributed by atoms with van der Waals surface area (Å²) in [6, 6.07) is 6.62. The molecule has 0 bridgehead atoms. The number of rotatable bonds is 3. The van der Waals surface area contributed by atoms with Crippen LogP contribution in [-0.4, -0.2) is 23.2 Å². The van der Waals surface area contributed by atoms with Crippen molar-refractivity contribution in [1.82, 2.24) is 10.2 Å². The van der Waals surface area contributed by atoms with Crippen molar-refractivity contribution in [3.63, 3.8) is 0 Å². The fourth-order valence-electron chi connectivity index (χ4n) is 1.34. The first-order chi connectivity index (χ1) is 8.20. The lowest BCUT2D eigenvalue weighted by molar-refractivity contribution is 0.102. The standard InChI is InChI=1S/C11H12N4O2/c1-17-7-2-3-8(12)10(6-7)14-11(16)9-4-5-13-15-9/h2-6H,12H2,1H3,(H,13,15)(H,14,16). The number of carbonyl (C=O) groups is 1. The van der Waals surface area contributed by atoms with E-state index in [2.05, 4.69) is 15.5 Å². The van der Waals surface area contributed by atoms with Crippen LogP contribution in [0.25, 0.3) is 0 Å². The number of ether oxygens (including phenoxy) is 1. The number of nitrogens with two attached hydrogens (primary N) is 1. The Balaban J connectivity index is 2.21. The molecule has 0 atom stereocenters. The normalized spacial score (nSPS) is 9.94. The van der Waals surface area contributed by atoms with Crippen LogP contribution in [0.1, 0.15) is 10.5 Å². The number of carbonyl (C=O) groups excluding carboxylic acids is 1. The van der Waals surface area contributed by atoms with Crippen molar-refractivity contribution in [3.05, 3.63) is 36.2 Å². The summed E-state index contributed by atoms with van der Waals surface area (Å²) < 4.78 is 5.06. The van der Waals surface area contributed by atoms with Crippen LogP contribution >= 0.6 is 0 Å². The average molecular weight is 232 g/mol. The number of nitrogens with one attached hydrogen (secondary N) is 2. The molecule has 0 saturated carbocycles. The number of aromatic nitrogens is 2. The average Bonchev–Trinajstić information content (AvgIpc) is 2.85. The molecular formula is C11H12N4O2. The highest BCUT2D eigenvalue weighted by molar-refractivity contribution is 6.04. The van der Waals surface area contributed by atoms with E-state index in [9.17, 15) is 4.79 Å². The molecule has 88 valence electrons. The van der Waals surface area contributed by atoms with Crippen LogP contribution in [0.3, 0.4) is 0 Å². The zero-order chi connectivity index (χ0) is 12.3. The Bertz CT molecular complexity index is 522. The van der Waals surface area contributed by atoms with Crippen molar-refractivity contribution in [2.24, 2.45) is 0 Å². The maximum atomic E-state index is 11.7. The minimum Gasteiger partial charge on any atom is -0.497 e. The molecular weight excluding hydrogens is 220 g/mol. The number of H-pyrrole nitrogens is 1. The molecule has 2 rings (SSSR count). The molecule has 1 amide bonds. The highest BCUT2D eigenvalue weighted by Crippen LogP contribution is 2.24. The minimum absolute atomic E-state index is 0.303. The third-order valence-corrected chi connectivity index (χ3v) is 2.25. The van der Waals surface area contributed by atoms with Crippen molar-refractivity contribution >= 4 is 17.3 Å². The van der Waals surface area contributed by atoms with Gasteiger partial charge in [0.05, 0.1) is 18.5 Å². The van der Waals surface area contributed by atoms with Gasteiger partial charge >= 0.3 is 0 Å². The third-order valence-electron chi connectivity index (χ3n) is 2.25. The summed E-state index contributed by atoms with van der Waals surface area (Å²) in [6.45, 7) is 0. The Labute approximate surface area is 97.8 Å². The Hall–Kier alpha value is -2.50. The lowest BCUT2D eigenvalue weighted by Crippen LogP contribution is -2.13. The summed E-state index contributed by atoms with van der Waals surface area (Å²) >= 11 is 0. The molecule has 0 saturated heterocycles. The number of anilines is 2. The molecule has 0 radical (unpaired) electrons. The molecule has 4 N–H and O–H groups in total. The summed E-state index contributed by atoms with van der Waals surface area (Å²) in [6.07, 6.45) is 1.50. The Morgan fingerprint density at radius 3 is 2.94 bits per heavy atom. The molecule has 6 nitrogen and oxygen atoms in total. The smallest absolute Gasteiger partial charge is 0.273 e. The van der Waals surface area contributed by atoms with Gasteiger partial charge in [-0.05, 0) is 18.2 Å². The van der Waals surface area contributed by atoms with E-state index in [1.807, 2.05) is 0 Å². The summed E-state index contributed by atoms with van der Waals surface area (Å²) in [4.78, 5) is 11.7. The van der Waals surface area contributed by atoms with Gasteiger partial charge in [0.2, 0.25) is 0 Å². The highest BCUT2D eigenvalue weighted by Gasteiger charge is 2.09. The summed E-state index contributed by atoms with van der Waals surface area (Å²) in [5.74, 6) is 0.321. The number of amides is 1. The van der Waals surface area contributed by atoms with Crippen molar-refractivity contribution < 1.29 is 9.53 Å². The molecule has 0 aliphatic carbocycles. The number of methoxy groups -OCH3 is 1. The van der Waals surface area contributed by atoms with Gasteiger partial charge in [-0.15, -0.1) is 0 Å². The van der Waals surface area contributed by atoms with Crippen molar-refractivity contribution in [1.29, 1.82) is 0 Å². The van der Waals surface area contributed by atoms with Crippen LogP contribution in [0.15, 0.2) is 30.5 Å². The van der Waals surface area contributed by atoms with Gasteiger partial charge in [-0.3, -0.25) is 9.89 Å². The van der Waals surface area contributed by atoms with Gasteiger partial charge in [0.1, 0.15) is 11.4 Å². The van der Waals surface area contributed by atoms with Gasteiger partial charge in [0.25, 0.3) is 5.91 Å². The van der Waals surface area contributed by atoms with E-state index >= 15 is 0 Å². The summed E-state index contributed by atoms with van der Waals surface area (Å²) in [5.41, 5.74) is 7.09. The quantitative estimate of drug-likeness (QED) is 0.694. The van der Waals surface area contributed by atoms with Crippen LogP contribution in [0.5, 0.6) is 5.75 Å². The van der Waals surface area contributed by atoms with Gasteiger partial charge in [-0.1, -0.05) is 0 Å². The molecule has 1 aromatic carbocycles. The van der Waals surface area contributed by atoms with E-state index in [4.69, 9.17) is 10.5 Å². The predicted molar refractivity (Wildman–Crippen MR) is 63.9 cm³/mol. The van der Waals surface area contributed by atoms with Crippen LogP contribution in [-0.2, 0) is 0 Å². The topological polar surface area (TPSA) is 93.0 Å². The highest BCUT2D eigenvalue weighted by atomic mass is 16.5. The molecule has 0 unspecified atom stereocenters. The van der Waals surface area contributed by atoms with E-state index in [-0.39, 0.29) is 5.91 Å². The van der Waals surface area contributed by atoms with Crippen LogP contribution in [0, 0.1) is 0 Å². The molecule has 2 aromatic rings. The number of hydrogen-bond donors (Lipinski definition) is 3. The predicted octanol–water partition coefficient (Wildman–Crippen LogP) is 1.25. The first kappa shape index (κ1) is 11.0. The van der Waals surface area contributed by atoms with Crippen LogP contribution < -0.4 is 15.8 Å². The first-order valence-corrected chi connectivity index (χ1v) is 4.95. The van der Waals surface area contributed by atoms with Gasteiger partial charge in [0, 0.05) is 12.3 Å². The number of aromatic amines is 1. The minimum atomic E-state index is -0.303. The van der Waals surface area contributed by atoms with E-state index in [0.717, 1.165) is 0 Å². The van der Waals surface area contributed by atoms with E-state index < -0.39 is 0 Å². The maximum Gasteiger partial charge on any atom is 0.273 e. The van der Waals surface area contributed by atoms with Crippen molar-refractivity contribution in [3.8, 4) is 5.75 Å². The van der Waals surface area contributed by atoms with Gasteiger partial charge in [-0.25, -0.2) is 0 Å². The van der Waals surface area contributed by atoms with E-state index in [1.165, 1.54) is 6.20 Å². The van der Waals surface area contributed by atoms with E-state index in [1.54, 1.807) is 31.4 Å². The van der Waals surface area contributed by atoms with Crippen molar-refractivity contribution in [2.75, 3.05) is 18.2 Å². The second-order valence-corrected chi connectivity index (χ2v) is 3.38. The fourth-order valence-corrected chi connectivity index (χ4v) is 1.34. The zero-order valence-corrected chi connectivity index (χ0v) is 9.23. The molecule has 6 heteroatoms. The number of hydrogen-bond acceptors (Lipinski definition) is 4. The summed E-state index contributed by atoms with van der Waals surface area (Å²) in [7, 11) is 1.55. The lowest BCUT2D eigenvalue weighted by atomic mass is 10.2. The zero-order valence-electron chi connectivity index (χ0n) is 9.23. The largest absolute Gasteiger partial charge is 0.497 e. The van der Waals surface area contributed by atoms with Gasteiger partial charge < -0.3 is 15.8 Å². The lowest BCUT2D eigenvalue weighted by Gasteiger charge is -2.08. The van der Waals surface area contributed by atoms with Crippen LogP contribution in [0.4, 0.5) is 11.4 Å². The third kappa shape index (κ3) is 2.36. The first-order valence-electron chi connectivity index (χ1n) is 4.95. The molecule has 0 aliphatic rings. The second kappa shape index (κ2) is 4.56. The number of nitrogens with zero attached hydrogens (tertiary/aromatic N) is 1. The molecule has 1 heterocycles. The number of benzene rings is 1. The molecule has 0 aliphatic heterocycles. The monoisotopic (exact) mass is 232 g/mol. The van der Waals surface area contributed by atoms with Crippen molar-refractivity contribution in [2.45, 2.75) is 0 Å². The molecule has 17 heavy (non-hydrogen) atoms. The molecule has 0 spiro atoms. The Morgan fingerprint density at radius 1 is 1.47 bits per heavy atom. The second-order valence-electron chi connectivity index (χ2n) is 3.38. The number of nitrogen functional groups attached to an aromatic ring is 1. The maximum absolute atomic E-state index is 11.7. The SMILES string of the molecule is COc1ccc(N)c(NC(=O)c2ccn[nH]2)c1.